The van der Waals surface area contributed by atoms with Gasteiger partial charge in [-0.05, 0) is 36.1 Å². The van der Waals surface area contributed by atoms with Crippen LogP contribution in [0.4, 0.5) is 5.69 Å². The number of carbonyl (C=O) groups is 2. The number of halogens is 1. The lowest BCUT2D eigenvalue weighted by Crippen LogP contribution is -2.21. The molecule has 0 atom stereocenters. The van der Waals surface area contributed by atoms with Gasteiger partial charge in [0, 0.05) is 16.1 Å². The standard InChI is InChI=1S/C17H13ClN2O3S2/c1-10-4-5-11(7-12(10)18)19-15(21)8-23-17(22)13-9-25-16(20-13)14-3-2-6-24-14/h2-7,9H,8H2,1H3,(H,19,21). The van der Waals surface area contributed by atoms with Crippen molar-refractivity contribution in [3.63, 3.8) is 0 Å². The number of amides is 1. The number of esters is 1. The Morgan fingerprint density at radius 1 is 1.28 bits per heavy atom. The summed E-state index contributed by atoms with van der Waals surface area (Å²) >= 11 is 8.91. The van der Waals surface area contributed by atoms with Gasteiger partial charge in [-0.2, -0.15) is 0 Å². The minimum Gasteiger partial charge on any atom is -0.451 e. The monoisotopic (exact) mass is 392 g/mol. The number of carbonyl (C=O) groups excluding carboxylic acids is 2. The van der Waals surface area contributed by atoms with E-state index in [1.54, 1.807) is 34.9 Å². The van der Waals surface area contributed by atoms with Crippen LogP contribution in [0.3, 0.4) is 0 Å². The van der Waals surface area contributed by atoms with Crippen LogP contribution in [0.15, 0.2) is 41.1 Å². The highest BCUT2D eigenvalue weighted by Gasteiger charge is 2.15. The maximum absolute atomic E-state index is 12.0. The van der Waals surface area contributed by atoms with Crippen LogP contribution in [-0.2, 0) is 9.53 Å². The lowest BCUT2D eigenvalue weighted by atomic mass is 10.2. The molecule has 1 N–H and O–H groups in total. The average Bonchev–Trinajstić information content (AvgIpc) is 3.26. The first-order valence-electron chi connectivity index (χ1n) is 7.25. The molecular weight excluding hydrogens is 380 g/mol. The number of nitrogens with one attached hydrogen (secondary N) is 1. The topological polar surface area (TPSA) is 68.3 Å². The van der Waals surface area contributed by atoms with Gasteiger partial charge in [-0.1, -0.05) is 23.7 Å². The van der Waals surface area contributed by atoms with Crippen molar-refractivity contribution in [2.24, 2.45) is 0 Å². The molecule has 0 aliphatic carbocycles. The Hall–Kier alpha value is -2.22. The summed E-state index contributed by atoms with van der Waals surface area (Å²) in [5, 5.41) is 7.49. The lowest BCUT2D eigenvalue weighted by Gasteiger charge is -2.07. The van der Waals surface area contributed by atoms with Gasteiger partial charge >= 0.3 is 5.97 Å². The Morgan fingerprint density at radius 2 is 2.12 bits per heavy atom. The Morgan fingerprint density at radius 3 is 2.84 bits per heavy atom. The van der Waals surface area contributed by atoms with Gasteiger partial charge in [-0.25, -0.2) is 9.78 Å². The molecule has 0 bridgehead atoms. The fraction of sp³-hybridized carbons (Fsp3) is 0.118. The summed E-state index contributed by atoms with van der Waals surface area (Å²) in [7, 11) is 0. The van der Waals surface area contributed by atoms with Gasteiger partial charge in [0.25, 0.3) is 5.91 Å². The molecule has 3 rings (SSSR count). The van der Waals surface area contributed by atoms with E-state index in [9.17, 15) is 9.59 Å². The number of aromatic nitrogens is 1. The van der Waals surface area contributed by atoms with Crippen molar-refractivity contribution < 1.29 is 14.3 Å². The van der Waals surface area contributed by atoms with E-state index in [0.717, 1.165) is 15.4 Å². The van der Waals surface area contributed by atoms with Crippen LogP contribution in [0.2, 0.25) is 5.02 Å². The second kappa shape index (κ2) is 7.77. The molecule has 0 saturated heterocycles. The number of benzene rings is 1. The number of rotatable bonds is 5. The summed E-state index contributed by atoms with van der Waals surface area (Å²) in [6.07, 6.45) is 0. The third kappa shape index (κ3) is 4.45. The molecule has 128 valence electrons. The van der Waals surface area contributed by atoms with E-state index >= 15 is 0 Å². The summed E-state index contributed by atoms with van der Waals surface area (Å²) in [6.45, 7) is 1.48. The van der Waals surface area contributed by atoms with Gasteiger partial charge in [0.15, 0.2) is 12.3 Å². The number of thiazole rings is 1. The van der Waals surface area contributed by atoms with E-state index in [0.29, 0.717) is 10.7 Å². The quantitative estimate of drug-likeness (QED) is 0.643. The van der Waals surface area contributed by atoms with Crippen LogP contribution in [0.5, 0.6) is 0 Å². The zero-order valence-electron chi connectivity index (χ0n) is 13.1. The van der Waals surface area contributed by atoms with Gasteiger partial charge in [-0.15, -0.1) is 22.7 Å². The summed E-state index contributed by atoms with van der Waals surface area (Å²) < 4.78 is 5.01. The minimum absolute atomic E-state index is 0.194. The highest BCUT2D eigenvalue weighted by Crippen LogP contribution is 2.28. The van der Waals surface area contributed by atoms with E-state index in [1.807, 2.05) is 24.4 Å². The van der Waals surface area contributed by atoms with Crippen LogP contribution in [0.25, 0.3) is 9.88 Å². The zero-order chi connectivity index (χ0) is 17.8. The number of thiophene rings is 1. The number of hydrogen-bond acceptors (Lipinski definition) is 6. The molecule has 5 nitrogen and oxygen atoms in total. The van der Waals surface area contributed by atoms with Crippen molar-refractivity contribution in [2.45, 2.75) is 6.92 Å². The molecule has 0 radical (unpaired) electrons. The molecule has 1 aromatic carbocycles. The predicted octanol–water partition coefficient (Wildman–Crippen LogP) is 4.63. The van der Waals surface area contributed by atoms with E-state index < -0.39 is 18.5 Å². The van der Waals surface area contributed by atoms with Gasteiger partial charge in [0.1, 0.15) is 5.01 Å². The molecule has 25 heavy (non-hydrogen) atoms. The van der Waals surface area contributed by atoms with E-state index in [4.69, 9.17) is 16.3 Å². The van der Waals surface area contributed by atoms with Crippen LogP contribution in [0.1, 0.15) is 16.1 Å². The predicted molar refractivity (Wildman–Crippen MR) is 101 cm³/mol. The van der Waals surface area contributed by atoms with Crippen LogP contribution >= 0.6 is 34.3 Å². The van der Waals surface area contributed by atoms with E-state index in [1.165, 1.54) is 11.3 Å². The molecule has 0 aliphatic rings. The van der Waals surface area contributed by atoms with Crippen molar-refractivity contribution in [3.05, 3.63) is 57.4 Å². The average molecular weight is 393 g/mol. The van der Waals surface area contributed by atoms with E-state index in [2.05, 4.69) is 10.3 Å². The van der Waals surface area contributed by atoms with Gasteiger partial charge in [-0.3, -0.25) is 4.79 Å². The smallest absolute Gasteiger partial charge is 0.358 e. The Balaban J connectivity index is 1.55. The maximum atomic E-state index is 12.0. The van der Waals surface area contributed by atoms with Crippen molar-refractivity contribution in [1.82, 2.24) is 4.98 Å². The van der Waals surface area contributed by atoms with Crippen molar-refractivity contribution in [1.29, 1.82) is 0 Å². The Kier molecular flexibility index (Phi) is 5.47. The molecule has 1 amide bonds. The van der Waals surface area contributed by atoms with Crippen LogP contribution in [0, 0.1) is 6.92 Å². The fourth-order valence-corrected chi connectivity index (χ4v) is 3.74. The number of anilines is 1. The number of aryl methyl sites for hydroxylation is 1. The summed E-state index contributed by atoms with van der Waals surface area (Å²) in [5.74, 6) is -1.07. The van der Waals surface area contributed by atoms with Crippen molar-refractivity contribution in [2.75, 3.05) is 11.9 Å². The third-order valence-electron chi connectivity index (χ3n) is 3.24. The van der Waals surface area contributed by atoms with Crippen LogP contribution < -0.4 is 5.32 Å². The first-order chi connectivity index (χ1) is 12.0. The summed E-state index contributed by atoms with van der Waals surface area (Å²) in [4.78, 5) is 29.1. The Bertz CT molecular complexity index is 907. The largest absolute Gasteiger partial charge is 0.451 e. The molecule has 0 unspecified atom stereocenters. The highest BCUT2D eigenvalue weighted by atomic mass is 35.5. The van der Waals surface area contributed by atoms with Crippen molar-refractivity contribution >= 4 is 51.8 Å². The molecule has 0 spiro atoms. The SMILES string of the molecule is Cc1ccc(NC(=O)COC(=O)c2csc(-c3cccs3)n2)cc1Cl. The normalized spacial score (nSPS) is 10.5. The summed E-state index contributed by atoms with van der Waals surface area (Å²) in [6, 6.07) is 9.02. The fourth-order valence-electron chi connectivity index (χ4n) is 1.95. The van der Waals surface area contributed by atoms with Gasteiger partial charge in [0.05, 0.1) is 4.88 Å². The molecule has 3 aromatic rings. The lowest BCUT2D eigenvalue weighted by molar-refractivity contribution is -0.119. The minimum atomic E-state index is -0.629. The van der Waals surface area contributed by atoms with Gasteiger partial charge < -0.3 is 10.1 Å². The molecule has 0 saturated carbocycles. The second-order valence-corrected chi connectivity index (χ2v) is 7.32. The molecule has 0 aliphatic heterocycles. The Labute approximate surface area is 157 Å². The second-order valence-electron chi connectivity index (χ2n) is 5.10. The molecular formula is C17H13ClN2O3S2. The molecule has 8 heteroatoms. The first kappa shape index (κ1) is 17.6. The summed E-state index contributed by atoms with van der Waals surface area (Å²) in [5.41, 5.74) is 1.65. The zero-order valence-corrected chi connectivity index (χ0v) is 15.5. The highest BCUT2D eigenvalue weighted by molar-refractivity contribution is 7.20. The number of ether oxygens (including phenoxy) is 1. The van der Waals surface area contributed by atoms with Crippen molar-refractivity contribution in [3.8, 4) is 9.88 Å². The maximum Gasteiger partial charge on any atom is 0.358 e. The molecule has 2 heterocycles. The first-order valence-corrected chi connectivity index (χ1v) is 9.39. The molecule has 2 aromatic heterocycles. The third-order valence-corrected chi connectivity index (χ3v) is 5.52. The number of nitrogens with zero attached hydrogens (tertiary/aromatic N) is 1. The van der Waals surface area contributed by atoms with Crippen LogP contribution in [-0.4, -0.2) is 23.5 Å². The number of hydrogen-bond donors (Lipinski definition) is 1. The van der Waals surface area contributed by atoms with Gasteiger partial charge in [0.2, 0.25) is 0 Å². The van der Waals surface area contributed by atoms with E-state index in [-0.39, 0.29) is 5.69 Å². The molecule has 0 fully saturated rings.